The SMILES string of the molecule is COc1ccc(Cn2nc(N)ccc2=O)nn1. The van der Waals surface area contributed by atoms with Gasteiger partial charge in [0, 0.05) is 12.1 Å². The number of hydrogen-bond donors (Lipinski definition) is 1. The zero-order valence-corrected chi connectivity index (χ0v) is 9.20. The average Bonchev–Trinajstić information content (AvgIpc) is 2.35. The summed E-state index contributed by atoms with van der Waals surface area (Å²) in [7, 11) is 1.51. The van der Waals surface area contributed by atoms with Gasteiger partial charge in [-0.3, -0.25) is 4.79 Å². The van der Waals surface area contributed by atoms with E-state index in [0.29, 0.717) is 11.6 Å². The van der Waals surface area contributed by atoms with Gasteiger partial charge in [-0.1, -0.05) is 0 Å². The Morgan fingerprint density at radius 2 is 2.12 bits per heavy atom. The van der Waals surface area contributed by atoms with Gasteiger partial charge < -0.3 is 10.5 Å². The maximum atomic E-state index is 11.5. The van der Waals surface area contributed by atoms with Gasteiger partial charge in [-0.25, -0.2) is 4.68 Å². The molecule has 2 heterocycles. The van der Waals surface area contributed by atoms with Crippen LogP contribution in [0.1, 0.15) is 5.69 Å². The number of hydrogen-bond acceptors (Lipinski definition) is 6. The molecule has 0 aromatic carbocycles. The van der Waals surface area contributed by atoms with Gasteiger partial charge in [0.2, 0.25) is 5.88 Å². The standard InChI is InChI=1S/C10H11N5O2/c1-17-9-4-2-7(12-13-9)6-15-10(16)5-3-8(11)14-15/h2-5H,6H2,1H3,(H2,11,14). The summed E-state index contributed by atoms with van der Waals surface area (Å²) in [4.78, 5) is 11.5. The summed E-state index contributed by atoms with van der Waals surface area (Å²) >= 11 is 0. The molecule has 0 fully saturated rings. The number of ether oxygens (including phenoxy) is 1. The molecule has 2 aromatic heterocycles. The van der Waals surface area contributed by atoms with Gasteiger partial charge in [0.1, 0.15) is 5.82 Å². The average molecular weight is 233 g/mol. The number of nitrogens with two attached hydrogens (primary N) is 1. The van der Waals surface area contributed by atoms with Crippen LogP contribution >= 0.6 is 0 Å². The Bertz CT molecular complexity index is 564. The zero-order valence-electron chi connectivity index (χ0n) is 9.20. The van der Waals surface area contributed by atoms with Crippen molar-refractivity contribution in [2.75, 3.05) is 12.8 Å². The molecule has 88 valence electrons. The summed E-state index contributed by atoms with van der Waals surface area (Å²) in [5.74, 6) is 0.702. The van der Waals surface area contributed by atoms with Crippen molar-refractivity contribution in [3.8, 4) is 5.88 Å². The highest BCUT2D eigenvalue weighted by Crippen LogP contribution is 2.04. The Balaban J connectivity index is 2.25. The lowest BCUT2D eigenvalue weighted by Gasteiger charge is -2.04. The van der Waals surface area contributed by atoms with Gasteiger partial charge in [0.05, 0.1) is 19.3 Å². The Kier molecular flexibility index (Phi) is 2.99. The Morgan fingerprint density at radius 1 is 1.29 bits per heavy atom. The minimum Gasteiger partial charge on any atom is -0.480 e. The molecule has 0 amide bonds. The molecular weight excluding hydrogens is 222 g/mol. The van der Waals surface area contributed by atoms with Crippen LogP contribution in [0.2, 0.25) is 0 Å². The van der Waals surface area contributed by atoms with Gasteiger partial charge in [0.15, 0.2) is 0 Å². The largest absolute Gasteiger partial charge is 0.480 e. The quantitative estimate of drug-likeness (QED) is 0.780. The minimum atomic E-state index is -0.239. The molecule has 0 saturated heterocycles. The Labute approximate surface area is 96.9 Å². The zero-order chi connectivity index (χ0) is 12.3. The molecule has 0 aliphatic carbocycles. The smallest absolute Gasteiger partial charge is 0.267 e. The fourth-order valence-corrected chi connectivity index (χ4v) is 1.27. The molecule has 2 aromatic rings. The van der Waals surface area contributed by atoms with Crippen molar-refractivity contribution in [3.63, 3.8) is 0 Å². The maximum Gasteiger partial charge on any atom is 0.267 e. The van der Waals surface area contributed by atoms with Crippen LogP contribution < -0.4 is 16.0 Å². The normalized spacial score (nSPS) is 10.2. The van der Waals surface area contributed by atoms with Gasteiger partial charge in [-0.2, -0.15) is 5.10 Å². The molecule has 17 heavy (non-hydrogen) atoms. The van der Waals surface area contributed by atoms with Crippen LogP contribution in [0.4, 0.5) is 5.82 Å². The van der Waals surface area contributed by atoms with Crippen LogP contribution in [0.25, 0.3) is 0 Å². The molecule has 0 aliphatic heterocycles. The first kappa shape index (κ1) is 11.1. The van der Waals surface area contributed by atoms with Crippen LogP contribution in [0.15, 0.2) is 29.1 Å². The first-order valence-corrected chi connectivity index (χ1v) is 4.89. The van der Waals surface area contributed by atoms with Gasteiger partial charge in [-0.15, -0.1) is 10.2 Å². The second kappa shape index (κ2) is 4.60. The van der Waals surface area contributed by atoms with E-state index in [9.17, 15) is 4.79 Å². The summed E-state index contributed by atoms with van der Waals surface area (Å²) in [5.41, 5.74) is 5.86. The van der Waals surface area contributed by atoms with Gasteiger partial charge in [-0.05, 0) is 12.1 Å². The van der Waals surface area contributed by atoms with E-state index in [-0.39, 0.29) is 17.9 Å². The van der Waals surface area contributed by atoms with E-state index >= 15 is 0 Å². The van der Waals surface area contributed by atoms with Gasteiger partial charge in [0.25, 0.3) is 5.56 Å². The lowest BCUT2D eigenvalue weighted by molar-refractivity contribution is 0.390. The summed E-state index contributed by atoms with van der Waals surface area (Å²) in [6.07, 6.45) is 0. The van der Waals surface area contributed by atoms with E-state index in [1.165, 1.54) is 23.9 Å². The first-order chi connectivity index (χ1) is 8.19. The van der Waals surface area contributed by atoms with Crippen LogP contribution in [0.5, 0.6) is 5.88 Å². The van der Waals surface area contributed by atoms with Crippen molar-refractivity contribution >= 4 is 5.82 Å². The van der Waals surface area contributed by atoms with Crippen LogP contribution in [0, 0.1) is 0 Å². The Hall–Kier alpha value is -2.44. The molecule has 0 radical (unpaired) electrons. The minimum absolute atomic E-state index is 0.223. The predicted octanol–water partition coefficient (Wildman–Crippen LogP) is -0.328. The third kappa shape index (κ3) is 2.57. The van der Waals surface area contributed by atoms with Crippen molar-refractivity contribution in [2.24, 2.45) is 0 Å². The lowest BCUT2D eigenvalue weighted by Crippen LogP contribution is -2.23. The molecule has 7 nitrogen and oxygen atoms in total. The van der Waals surface area contributed by atoms with Crippen molar-refractivity contribution < 1.29 is 4.74 Å². The van der Waals surface area contributed by atoms with E-state index < -0.39 is 0 Å². The van der Waals surface area contributed by atoms with Crippen molar-refractivity contribution in [3.05, 3.63) is 40.3 Å². The first-order valence-electron chi connectivity index (χ1n) is 4.89. The molecular formula is C10H11N5O2. The van der Waals surface area contributed by atoms with E-state index in [1.807, 2.05) is 0 Å². The van der Waals surface area contributed by atoms with Crippen LogP contribution in [0.3, 0.4) is 0 Å². The molecule has 2 rings (SSSR count). The predicted molar refractivity (Wildman–Crippen MR) is 60.6 cm³/mol. The van der Waals surface area contributed by atoms with Crippen molar-refractivity contribution in [1.82, 2.24) is 20.0 Å². The molecule has 0 aliphatic rings. The maximum absolute atomic E-state index is 11.5. The summed E-state index contributed by atoms with van der Waals surface area (Å²) in [5, 5.41) is 11.6. The number of nitrogens with zero attached hydrogens (tertiary/aromatic N) is 4. The van der Waals surface area contributed by atoms with E-state index in [1.54, 1.807) is 12.1 Å². The third-order valence-corrected chi connectivity index (χ3v) is 2.10. The second-order valence-electron chi connectivity index (χ2n) is 3.32. The number of rotatable bonds is 3. The highest BCUT2D eigenvalue weighted by molar-refractivity contribution is 5.23. The van der Waals surface area contributed by atoms with Crippen molar-refractivity contribution in [2.45, 2.75) is 6.54 Å². The topological polar surface area (TPSA) is 95.9 Å². The van der Waals surface area contributed by atoms with Crippen molar-refractivity contribution in [1.29, 1.82) is 0 Å². The summed E-state index contributed by atoms with van der Waals surface area (Å²) in [6.45, 7) is 0.223. The summed E-state index contributed by atoms with van der Waals surface area (Å²) < 4.78 is 6.11. The molecule has 0 atom stereocenters. The lowest BCUT2D eigenvalue weighted by atomic mass is 10.4. The molecule has 7 heteroatoms. The number of aromatic nitrogens is 4. The molecule has 0 bridgehead atoms. The molecule has 0 saturated carbocycles. The highest BCUT2D eigenvalue weighted by atomic mass is 16.5. The fourth-order valence-electron chi connectivity index (χ4n) is 1.27. The van der Waals surface area contributed by atoms with E-state index in [0.717, 1.165) is 0 Å². The summed E-state index contributed by atoms with van der Waals surface area (Å²) in [6, 6.07) is 6.20. The van der Waals surface area contributed by atoms with E-state index in [2.05, 4.69) is 15.3 Å². The Morgan fingerprint density at radius 3 is 2.76 bits per heavy atom. The molecule has 2 N–H and O–H groups in total. The number of anilines is 1. The third-order valence-electron chi connectivity index (χ3n) is 2.10. The molecule has 0 spiro atoms. The fraction of sp³-hybridized carbons (Fsp3) is 0.200. The monoisotopic (exact) mass is 233 g/mol. The van der Waals surface area contributed by atoms with E-state index in [4.69, 9.17) is 10.5 Å². The highest BCUT2D eigenvalue weighted by Gasteiger charge is 2.02. The second-order valence-corrected chi connectivity index (χ2v) is 3.32. The molecule has 0 unspecified atom stereocenters. The van der Waals surface area contributed by atoms with Crippen LogP contribution in [-0.4, -0.2) is 27.1 Å². The number of methoxy groups -OCH3 is 1. The van der Waals surface area contributed by atoms with Gasteiger partial charge >= 0.3 is 0 Å². The number of nitrogen functional groups attached to an aromatic ring is 1. The van der Waals surface area contributed by atoms with Crippen LogP contribution in [-0.2, 0) is 6.54 Å².